The minimum Gasteiger partial charge on any atom is -0.473 e. The molecule has 0 aliphatic heterocycles. The SMILES string of the molecule is CCOC([O][Al]([CH2]C(C)C)[CH2]C(C)C)C(F)(F)C(OCc1ccccc1)c1ccc(Cl)cc1. The Balaban J connectivity index is 2.34. The molecule has 2 aromatic rings. The lowest BCUT2D eigenvalue weighted by Gasteiger charge is -2.35. The minimum absolute atomic E-state index is 0.0431. The Hall–Kier alpha value is -0.998. The van der Waals surface area contributed by atoms with Crippen molar-refractivity contribution in [3.8, 4) is 0 Å². The second-order valence-corrected chi connectivity index (χ2v) is 12.1. The average molecular weight is 497 g/mol. The third-order valence-electron chi connectivity index (χ3n) is 5.20. The molecule has 3 nitrogen and oxygen atoms in total. The van der Waals surface area contributed by atoms with E-state index in [1.807, 2.05) is 30.3 Å². The van der Waals surface area contributed by atoms with Crippen LogP contribution in [0.1, 0.15) is 51.8 Å². The van der Waals surface area contributed by atoms with Gasteiger partial charge >= 0.3 is 20.4 Å². The maximum Gasteiger partial charge on any atom is 0.463 e. The van der Waals surface area contributed by atoms with Crippen LogP contribution in [0.25, 0.3) is 0 Å². The molecule has 0 aliphatic rings. The van der Waals surface area contributed by atoms with Gasteiger partial charge in [-0.3, -0.25) is 0 Å². The van der Waals surface area contributed by atoms with Crippen molar-refractivity contribution in [3.05, 3.63) is 70.7 Å². The largest absolute Gasteiger partial charge is 0.473 e. The molecule has 0 saturated heterocycles. The number of alkyl halides is 2. The third-order valence-corrected chi connectivity index (χ3v) is 9.02. The van der Waals surface area contributed by atoms with Crippen LogP contribution >= 0.6 is 11.6 Å². The molecule has 0 radical (unpaired) electrons. The number of ether oxygens (including phenoxy) is 2. The van der Waals surface area contributed by atoms with Crippen LogP contribution in [-0.2, 0) is 19.9 Å². The molecule has 0 fully saturated rings. The standard InChI is InChI=1S/C18H18ClF2O3.2C4H9.Al/c1-2-23-17(22)18(20,21)16(14-8-10-15(19)11-9-14)24-12-13-6-4-3-5-7-13;2*1-4(2)3;/h3-11,16-17H,2,12H2,1H3;2*4H,1H2,2-3H3;/q-1;;;+1. The van der Waals surface area contributed by atoms with Gasteiger partial charge in [-0.05, 0) is 30.2 Å². The fourth-order valence-electron chi connectivity index (χ4n) is 3.77. The number of benzene rings is 2. The number of hydrogen-bond acceptors (Lipinski definition) is 3. The van der Waals surface area contributed by atoms with Crippen LogP contribution in [0.5, 0.6) is 0 Å². The van der Waals surface area contributed by atoms with Gasteiger partial charge in [-0.15, -0.1) is 0 Å². The van der Waals surface area contributed by atoms with Crippen molar-refractivity contribution in [1.29, 1.82) is 0 Å². The van der Waals surface area contributed by atoms with Gasteiger partial charge in [0.1, 0.15) is 0 Å². The second-order valence-electron chi connectivity index (χ2n) is 9.21. The average Bonchev–Trinajstić information content (AvgIpc) is 2.74. The van der Waals surface area contributed by atoms with Crippen molar-refractivity contribution in [2.24, 2.45) is 11.8 Å². The normalized spacial score (nSPS) is 14.0. The molecule has 0 saturated carbocycles. The van der Waals surface area contributed by atoms with E-state index in [2.05, 4.69) is 27.7 Å². The van der Waals surface area contributed by atoms with Crippen LogP contribution in [0.2, 0.25) is 15.6 Å². The highest BCUT2D eigenvalue weighted by molar-refractivity contribution is 6.52. The van der Waals surface area contributed by atoms with Crippen LogP contribution in [0.4, 0.5) is 8.78 Å². The first-order valence-electron chi connectivity index (χ1n) is 11.7. The second kappa shape index (κ2) is 13.8. The zero-order chi connectivity index (χ0) is 24.4. The topological polar surface area (TPSA) is 27.7 Å². The van der Waals surface area contributed by atoms with Crippen LogP contribution in [0.15, 0.2) is 54.6 Å². The molecule has 182 valence electrons. The van der Waals surface area contributed by atoms with Crippen molar-refractivity contribution in [2.75, 3.05) is 6.61 Å². The molecule has 0 spiro atoms. The number of hydrogen-bond donors (Lipinski definition) is 0. The molecule has 0 bridgehead atoms. The van der Waals surface area contributed by atoms with E-state index in [9.17, 15) is 0 Å². The summed E-state index contributed by atoms with van der Waals surface area (Å²) in [7, 11) is 0. The van der Waals surface area contributed by atoms with Gasteiger partial charge in [-0.2, -0.15) is 8.78 Å². The van der Waals surface area contributed by atoms with Crippen LogP contribution < -0.4 is 0 Å². The van der Waals surface area contributed by atoms with Gasteiger partial charge in [0, 0.05) is 11.6 Å². The highest BCUT2D eigenvalue weighted by Gasteiger charge is 2.51. The van der Waals surface area contributed by atoms with Crippen molar-refractivity contribution in [1.82, 2.24) is 0 Å². The Labute approximate surface area is 207 Å². The van der Waals surface area contributed by atoms with Gasteiger partial charge in [0.15, 0.2) is 12.4 Å². The molecule has 0 aliphatic carbocycles. The van der Waals surface area contributed by atoms with E-state index in [0.29, 0.717) is 22.4 Å². The van der Waals surface area contributed by atoms with E-state index < -0.39 is 32.8 Å². The lowest BCUT2D eigenvalue weighted by atomic mass is 10.0. The molecular weight excluding hydrogens is 461 g/mol. The number of halogens is 3. The summed E-state index contributed by atoms with van der Waals surface area (Å²) in [6, 6.07) is 15.6. The van der Waals surface area contributed by atoms with E-state index in [1.165, 1.54) is 0 Å². The van der Waals surface area contributed by atoms with Crippen LogP contribution in [-0.4, -0.2) is 33.3 Å². The summed E-state index contributed by atoms with van der Waals surface area (Å²) < 4.78 is 49.7. The molecule has 33 heavy (non-hydrogen) atoms. The molecule has 2 rings (SSSR count). The van der Waals surface area contributed by atoms with Gasteiger partial charge in [0.2, 0.25) is 0 Å². The lowest BCUT2D eigenvalue weighted by molar-refractivity contribution is -0.270. The van der Waals surface area contributed by atoms with E-state index in [4.69, 9.17) is 24.9 Å². The van der Waals surface area contributed by atoms with Gasteiger partial charge in [0.25, 0.3) is 0 Å². The summed E-state index contributed by atoms with van der Waals surface area (Å²) in [5.74, 6) is -2.66. The quantitative estimate of drug-likeness (QED) is 0.196. The lowest BCUT2D eigenvalue weighted by Crippen LogP contribution is -2.47. The molecule has 2 atom stereocenters. The fourth-order valence-corrected chi connectivity index (χ4v) is 7.02. The first kappa shape index (κ1) is 28.2. The monoisotopic (exact) mass is 496 g/mol. The number of rotatable bonds is 14. The van der Waals surface area contributed by atoms with E-state index in [1.54, 1.807) is 31.2 Å². The Bertz CT molecular complexity index is 793. The van der Waals surface area contributed by atoms with Crippen molar-refractivity contribution in [2.45, 2.75) is 70.1 Å². The van der Waals surface area contributed by atoms with Crippen molar-refractivity contribution >= 4 is 26.1 Å². The molecular formula is C26H36AlClF2O3. The van der Waals surface area contributed by atoms with E-state index >= 15 is 8.78 Å². The molecule has 2 unspecified atom stereocenters. The van der Waals surface area contributed by atoms with Crippen molar-refractivity contribution < 1.29 is 22.0 Å². The molecule has 0 N–H and O–H groups in total. The van der Waals surface area contributed by atoms with Gasteiger partial charge in [0.05, 0.1) is 6.61 Å². The highest BCUT2D eigenvalue weighted by Crippen LogP contribution is 2.41. The Kier molecular flexibility index (Phi) is 11.8. The molecule has 0 amide bonds. The first-order valence-corrected chi connectivity index (χ1v) is 14.2. The summed E-state index contributed by atoms with van der Waals surface area (Å²) in [5, 5.41) is 2.10. The Morgan fingerprint density at radius 1 is 0.879 bits per heavy atom. The molecule has 2 aromatic carbocycles. The van der Waals surface area contributed by atoms with Gasteiger partial charge in [-0.25, -0.2) is 0 Å². The minimum atomic E-state index is -3.40. The van der Waals surface area contributed by atoms with E-state index in [-0.39, 0.29) is 13.2 Å². The predicted octanol–water partition coefficient (Wildman–Crippen LogP) is 7.92. The highest BCUT2D eigenvalue weighted by atomic mass is 35.5. The maximum atomic E-state index is 16.1. The zero-order valence-electron chi connectivity index (χ0n) is 20.3. The summed E-state index contributed by atoms with van der Waals surface area (Å²) >= 11 is 4.07. The van der Waals surface area contributed by atoms with Crippen LogP contribution in [0.3, 0.4) is 0 Å². The Morgan fingerprint density at radius 3 is 1.97 bits per heavy atom. The zero-order valence-corrected chi connectivity index (χ0v) is 22.2. The molecule has 7 heteroatoms. The summed E-state index contributed by atoms with van der Waals surface area (Å²) in [6.07, 6.45) is -3.22. The molecule has 0 aromatic heterocycles. The summed E-state index contributed by atoms with van der Waals surface area (Å²) in [6.45, 7) is 10.2. The van der Waals surface area contributed by atoms with Gasteiger partial charge in [-0.1, -0.05) is 104 Å². The summed E-state index contributed by atoms with van der Waals surface area (Å²) in [5.41, 5.74) is 1.15. The molecule has 0 heterocycles. The summed E-state index contributed by atoms with van der Waals surface area (Å²) in [4.78, 5) is 0. The first-order chi connectivity index (χ1) is 15.6. The van der Waals surface area contributed by atoms with Gasteiger partial charge < -0.3 is 13.3 Å². The maximum absolute atomic E-state index is 16.1. The predicted molar refractivity (Wildman–Crippen MR) is 132 cm³/mol. The van der Waals surface area contributed by atoms with E-state index in [0.717, 1.165) is 16.1 Å². The fraction of sp³-hybridized carbons (Fsp3) is 0.538. The smallest absolute Gasteiger partial charge is 0.463 e. The third kappa shape index (κ3) is 9.28. The van der Waals surface area contributed by atoms with Crippen LogP contribution in [0, 0.1) is 11.8 Å². The Morgan fingerprint density at radius 2 is 1.45 bits per heavy atom. The van der Waals surface area contributed by atoms with Crippen molar-refractivity contribution in [3.63, 3.8) is 0 Å².